The third-order valence-electron chi connectivity index (χ3n) is 17.7. The van der Waals surface area contributed by atoms with Gasteiger partial charge < -0.3 is 33.8 Å². The Kier molecular flexibility index (Phi) is 29.7. The lowest BCUT2D eigenvalue weighted by Crippen LogP contribution is -2.46. The zero-order valence-corrected chi connectivity index (χ0v) is 54.7. The number of likely N-dealkylation sites (N-methyl/N-ethyl adjacent to an activating group) is 1. The number of anilines is 2. The number of unbranched alkanes of at least 4 members (excludes halogenated alkanes) is 17. The van der Waals surface area contributed by atoms with Crippen LogP contribution in [0.25, 0.3) is 0 Å². The fourth-order valence-corrected chi connectivity index (χ4v) is 12.7. The molecule has 1 saturated carbocycles. The normalized spacial score (nSPS) is 14.5. The Hall–Kier alpha value is -5.66. The molecule has 1 aliphatic heterocycles. The van der Waals surface area contributed by atoms with Gasteiger partial charge in [0.15, 0.2) is 0 Å². The summed E-state index contributed by atoms with van der Waals surface area (Å²) in [5, 5.41) is 21.5. The van der Waals surface area contributed by atoms with Gasteiger partial charge in [-0.15, -0.1) is 5.10 Å². The molecule has 1 aliphatic carbocycles. The predicted molar refractivity (Wildman–Crippen MR) is 345 cm³/mol. The molecule has 19 heteroatoms. The van der Waals surface area contributed by atoms with Gasteiger partial charge in [-0.1, -0.05) is 128 Å². The summed E-state index contributed by atoms with van der Waals surface area (Å²) in [5.74, 6) is 1.49. The zero-order valence-electron chi connectivity index (χ0n) is 53.9. The van der Waals surface area contributed by atoms with Crippen LogP contribution in [0.5, 0.6) is 11.6 Å². The first kappa shape index (κ1) is 70.4. The number of amides is 2. The Morgan fingerprint density at radius 1 is 0.828 bits per heavy atom. The minimum atomic E-state index is -4.18. The number of quaternary nitrogens is 1. The number of aryl methyl sites for hydroxylation is 3. The van der Waals surface area contributed by atoms with E-state index in [0.29, 0.717) is 85.0 Å². The Morgan fingerprint density at radius 3 is 2.13 bits per heavy atom. The first-order chi connectivity index (χ1) is 41.8. The first-order valence-corrected chi connectivity index (χ1v) is 34.7. The maximum Gasteiger partial charge on any atom is 0.303 e. The number of benzene rings is 1. The zero-order chi connectivity index (χ0) is 62.5. The summed E-state index contributed by atoms with van der Waals surface area (Å²) in [5.41, 5.74) is 4.25. The van der Waals surface area contributed by atoms with Crippen molar-refractivity contribution in [1.82, 2.24) is 30.3 Å². The lowest BCUT2D eigenvalue weighted by atomic mass is 9.86. The van der Waals surface area contributed by atoms with Crippen molar-refractivity contribution in [2.75, 3.05) is 82.6 Å². The number of hydrogen-bond acceptors (Lipinski definition) is 13. The predicted octanol–water partition coefficient (Wildman–Crippen LogP) is 12.9. The molecule has 4 heterocycles. The maximum absolute atomic E-state index is 15.0. The van der Waals surface area contributed by atoms with Crippen LogP contribution >= 0.6 is 0 Å². The number of hydrogen-bond donors (Lipinski definition) is 2. The largest absolute Gasteiger partial charge is 0.748 e. The molecule has 0 radical (unpaired) electrons. The number of nitrogens with one attached hydrogen (secondary N) is 1. The SMILES string of the molecule is COc1ccc(C(=O)N(CC(C)(C)CCCCCCn2cc(CCCCCCCCCCCCCCCCCC(=O)NCC[N+](C)(C)CCCS(=O)(=O)[O-])nn2)c2cccc(C)n2)c(N2CCC(COc3cc([C@@H](CC(=O)O)C4CC4)ccn3)CC2)c1. The molecule has 2 amide bonds. The minimum Gasteiger partial charge on any atom is -0.748 e. The van der Waals surface area contributed by atoms with E-state index in [9.17, 15) is 27.7 Å². The topological polar surface area (TPSA) is 222 Å². The van der Waals surface area contributed by atoms with Crippen LogP contribution in [-0.4, -0.2) is 138 Å². The van der Waals surface area contributed by atoms with Gasteiger partial charge in [0.2, 0.25) is 11.8 Å². The van der Waals surface area contributed by atoms with Crippen molar-refractivity contribution in [1.29, 1.82) is 0 Å². The minimum absolute atomic E-state index is 0.0114. The summed E-state index contributed by atoms with van der Waals surface area (Å²) in [4.78, 5) is 52.4. The Labute approximate surface area is 521 Å². The molecule has 1 atom stereocenters. The van der Waals surface area contributed by atoms with Crippen LogP contribution in [0.4, 0.5) is 11.5 Å². The Balaban J connectivity index is 0.804. The molecule has 18 nitrogen and oxygen atoms in total. The number of carboxylic acids is 1. The molecule has 2 fully saturated rings. The standard InChI is InChI=1S/C68H107N9O9S/c1-54-28-26-30-63(71-54)76(67(81)60-35-34-59(85-6)49-62(60)74-43-37-55(38-44-74)52-86-65-48-57(36-40-70-65)61(50-66(79)80)56-32-33-56)53-68(2,3)39-24-20-21-25-42-75-51-58(72-73-75)29-22-18-16-14-12-10-8-7-9-11-13-15-17-19-23-31-64(78)69-41-46-77(4,5)45-27-47-87(82,83)84/h26,28,30,34-36,40,48-49,51,55-56,61H,7-25,27,29,31-33,37-39,41-47,50,52-53H2,1-6H3,(H2-,69,78,79,80,82,83,84)/t61-/m0/s1. The third-order valence-corrected chi connectivity index (χ3v) is 18.5. The van der Waals surface area contributed by atoms with E-state index < -0.39 is 16.1 Å². The number of pyridine rings is 2. The molecule has 4 aromatic rings. The van der Waals surface area contributed by atoms with E-state index in [1.807, 2.05) is 79.1 Å². The molecule has 2 N–H and O–H groups in total. The van der Waals surface area contributed by atoms with Crippen LogP contribution in [0.15, 0.2) is 60.9 Å². The van der Waals surface area contributed by atoms with Crippen LogP contribution in [0.3, 0.4) is 0 Å². The molecular formula is C68H107N9O9S. The number of carbonyl (C=O) groups is 3. The highest BCUT2D eigenvalue weighted by Crippen LogP contribution is 2.45. The quantitative estimate of drug-likeness (QED) is 0.0239. The molecule has 484 valence electrons. The number of rotatable bonds is 45. The Morgan fingerprint density at radius 2 is 1.48 bits per heavy atom. The lowest BCUT2D eigenvalue weighted by molar-refractivity contribution is -0.889. The van der Waals surface area contributed by atoms with Gasteiger partial charge in [-0.05, 0) is 124 Å². The van der Waals surface area contributed by atoms with E-state index in [1.165, 1.54) is 77.0 Å². The highest BCUT2D eigenvalue weighted by molar-refractivity contribution is 7.85. The van der Waals surface area contributed by atoms with Gasteiger partial charge in [0, 0.05) is 75.0 Å². The first-order valence-electron chi connectivity index (χ1n) is 33.2. The number of nitrogens with zero attached hydrogens (tertiary/aromatic N) is 8. The molecule has 6 rings (SSSR count). The molecule has 2 aliphatic rings. The highest BCUT2D eigenvalue weighted by atomic mass is 32.2. The molecule has 1 saturated heterocycles. The van der Waals surface area contributed by atoms with E-state index in [2.05, 4.69) is 45.6 Å². The van der Waals surface area contributed by atoms with Crippen molar-refractivity contribution in [2.24, 2.45) is 17.3 Å². The van der Waals surface area contributed by atoms with E-state index in [1.54, 1.807) is 13.3 Å². The lowest BCUT2D eigenvalue weighted by Gasteiger charge is -2.36. The van der Waals surface area contributed by atoms with Gasteiger partial charge in [0.25, 0.3) is 5.91 Å². The number of ether oxygens (including phenoxy) is 2. The van der Waals surface area contributed by atoms with E-state index in [4.69, 9.17) is 14.5 Å². The number of aromatic nitrogens is 5. The second-order valence-corrected chi connectivity index (χ2v) is 28.1. The summed E-state index contributed by atoms with van der Waals surface area (Å²) in [6.07, 6.45) is 33.6. The van der Waals surface area contributed by atoms with Gasteiger partial charge in [0.05, 0.1) is 80.9 Å². The van der Waals surface area contributed by atoms with E-state index >= 15 is 4.79 Å². The fraction of sp³-hybridized carbons (Fsp3) is 0.691. The van der Waals surface area contributed by atoms with Crippen LogP contribution in [0.1, 0.15) is 220 Å². The van der Waals surface area contributed by atoms with Crippen LogP contribution in [0, 0.1) is 24.2 Å². The van der Waals surface area contributed by atoms with Crippen LogP contribution in [0.2, 0.25) is 0 Å². The van der Waals surface area contributed by atoms with Gasteiger partial charge in [-0.2, -0.15) is 0 Å². The van der Waals surface area contributed by atoms with Crippen LogP contribution < -0.4 is 24.6 Å². The van der Waals surface area contributed by atoms with Crippen molar-refractivity contribution in [3.05, 3.63) is 83.4 Å². The summed E-state index contributed by atoms with van der Waals surface area (Å²) in [6.45, 7) is 11.7. The second kappa shape index (κ2) is 36.7. The third kappa shape index (κ3) is 27.3. The number of piperidine rings is 1. The average Bonchev–Trinajstić information content (AvgIpc) is 2.13. The summed E-state index contributed by atoms with van der Waals surface area (Å²) < 4.78 is 47.1. The van der Waals surface area contributed by atoms with Crippen molar-refractivity contribution in [3.63, 3.8) is 0 Å². The van der Waals surface area contributed by atoms with Gasteiger partial charge in [-0.25, -0.2) is 18.4 Å². The molecule has 1 aromatic carbocycles. The smallest absolute Gasteiger partial charge is 0.303 e. The maximum atomic E-state index is 15.0. The van der Waals surface area contributed by atoms with Gasteiger partial charge >= 0.3 is 5.97 Å². The molecular weight excluding hydrogens is 1120 g/mol. The fourth-order valence-electron chi connectivity index (χ4n) is 12.2. The number of methoxy groups -OCH3 is 1. The van der Waals surface area contributed by atoms with E-state index in [-0.39, 0.29) is 35.3 Å². The van der Waals surface area contributed by atoms with Crippen molar-refractivity contribution in [2.45, 2.75) is 213 Å². The molecule has 3 aromatic heterocycles. The van der Waals surface area contributed by atoms with E-state index in [0.717, 1.165) is 126 Å². The van der Waals surface area contributed by atoms with Gasteiger partial charge in [-0.3, -0.25) is 24.0 Å². The van der Waals surface area contributed by atoms with Crippen molar-refractivity contribution < 1.29 is 46.4 Å². The number of carboxylic acid groups (broad SMARTS) is 1. The number of aliphatic carboxylic acids is 1. The van der Waals surface area contributed by atoms with Crippen molar-refractivity contribution in [3.8, 4) is 11.6 Å². The molecule has 0 spiro atoms. The molecule has 0 bridgehead atoms. The summed E-state index contributed by atoms with van der Waals surface area (Å²) in [6, 6.07) is 15.5. The monoisotopic (exact) mass is 1230 g/mol. The molecule has 87 heavy (non-hydrogen) atoms. The second-order valence-electron chi connectivity index (χ2n) is 26.6. The highest BCUT2D eigenvalue weighted by Gasteiger charge is 2.35. The van der Waals surface area contributed by atoms with Gasteiger partial charge in [0.1, 0.15) is 11.6 Å². The summed E-state index contributed by atoms with van der Waals surface area (Å²) >= 11 is 0. The number of carbonyl (C=O) groups excluding carboxylic acids is 2. The average molecular weight is 1230 g/mol. The molecule has 0 unspecified atom stereocenters. The van der Waals surface area contributed by atoms with Crippen LogP contribution in [-0.2, 0) is 32.7 Å². The van der Waals surface area contributed by atoms with Crippen molar-refractivity contribution >= 4 is 39.4 Å². The summed E-state index contributed by atoms with van der Waals surface area (Å²) in [7, 11) is 1.44. The Bertz CT molecular complexity index is 2800.